The van der Waals surface area contributed by atoms with Crippen LogP contribution in [0.5, 0.6) is 5.88 Å². The molecule has 1 saturated carbocycles. The molecule has 2 aromatic rings. The van der Waals surface area contributed by atoms with E-state index in [0.717, 1.165) is 42.7 Å². The average Bonchev–Trinajstić information content (AvgIpc) is 3.25. The van der Waals surface area contributed by atoms with Gasteiger partial charge in [0.15, 0.2) is 0 Å². The lowest BCUT2D eigenvalue weighted by Crippen LogP contribution is -2.44. The zero-order chi connectivity index (χ0) is 27.3. The molecule has 37 heavy (non-hydrogen) atoms. The second-order valence-corrected chi connectivity index (χ2v) is 12.8. The first-order valence-electron chi connectivity index (χ1n) is 13.3. The predicted molar refractivity (Wildman–Crippen MR) is 150 cm³/mol. The number of hydrogen-bond donors (Lipinski definition) is 1. The second-order valence-electron chi connectivity index (χ2n) is 11.8. The molecule has 2 heterocycles. The van der Waals surface area contributed by atoms with Gasteiger partial charge in [0.2, 0.25) is 11.8 Å². The standard InChI is InChI=1S/C29H43N3O4S/c1-19-8-10-22(11-9-19)27(33)32(23-17-24(29(3,4)5)37-26(23)28(34)35)20(2)13-15-36-25-16-21(12-14-30-25)18-31(6)7/h12,14,16-17,19-20,22H,8-11,13,15,18H2,1-7H3,(H,34,35)/t19-,20-,22-/m0/s1. The number of carbonyl (C=O) groups is 2. The van der Waals surface area contributed by atoms with Crippen molar-refractivity contribution in [3.8, 4) is 5.88 Å². The molecule has 1 N–H and O–H groups in total. The lowest BCUT2D eigenvalue weighted by Gasteiger charge is -2.35. The summed E-state index contributed by atoms with van der Waals surface area (Å²) >= 11 is 1.27. The van der Waals surface area contributed by atoms with Crippen molar-refractivity contribution in [1.82, 2.24) is 9.88 Å². The summed E-state index contributed by atoms with van der Waals surface area (Å²) < 4.78 is 5.98. The molecule has 0 radical (unpaired) electrons. The van der Waals surface area contributed by atoms with Crippen molar-refractivity contribution in [3.05, 3.63) is 39.7 Å². The first-order chi connectivity index (χ1) is 17.4. The molecule has 204 valence electrons. The van der Waals surface area contributed by atoms with Gasteiger partial charge in [-0.15, -0.1) is 11.3 Å². The van der Waals surface area contributed by atoms with E-state index in [1.54, 1.807) is 11.1 Å². The number of carbonyl (C=O) groups excluding carboxylic acids is 1. The molecule has 1 amide bonds. The Morgan fingerprint density at radius 2 is 1.86 bits per heavy atom. The Labute approximate surface area is 225 Å². The molecule has 0 aliphatic heterocycles. The maximum absolute atomic E-state index is 13.9. The van der Waals surface area contributed by atoms with E-state index in [-0.39, 0.29) is 28.2 Å². The summed E-state index contributed by atoms with van der Waals surface area (Å²) in [6.45, 7) is 11.6. The summed E-state index contributed by atoms with van der Waals surface area (Å²) in [5.74, 6) is 0.149. The summed E-state index contributed by atoms with van der Waals surface area (Å²) in [4.78, 5) is 35.6. The van der Waals surface area contributed by atoms with E-state index in [9.17, 15) is 14.7 Å². The van der Waals surface area contributed by atoms with Crippen LogP contribution < -0.4 is 9.64 Å². The molecule has 7 nitrogen and oxygen atoms in total. The minimum atomic E-state index is -0.990. The third-order valence-corrected chi connectivity index (χ3v) is 8.57. The number of aromatic carboxylic acids is 1. The Kier molecular flexibility index (Phi) is 9.75. The van der Waals surface area contributed by atoms with Crippen molar-refractivity contribution in [1.29, 1.82) is 0 Å². The largest absolute Gasteiger partial charge is 0.478 e. The van der Waals surface area contributed by atoms with E-state index >= 15 is 0 Å². The van der Waals surface area contributed by atoms with Gasteiger partial charge in [-0.3, -0.25) is 4.79 Å². The average molecular weight is 530 g/mol. The van der Waals surface area contributed by atoms with Gasteiger partial charge in [0.1, 0.15) is 4.88 Å². The number of hydrogen-bond acceptors (Lipinski definition) is 6. The first kappa shape index (κ1) is 29.1. The van der Waals surface area contributed by atoms with Crippen LogP contribution in [-0.2, 0) is 16.8 Å². The van der Waals surface area contributed by atoms with Crippen LogP contribution in [0, 0.1) is 11.8 Å². The number of pyridine rings is 1. The number of nitrogens with zero attached hydrogens (tertiary/aromatic N) is 3. The SMILES string of the molecule is C[C@@H](CCOc1cc(CN(C)C)ccn1)N(c1cc(C(C)(C)C)sc1C(=O)O)C(=O)[C@H]1CC[C@H](C)CC1. The molecule has 0 spiro atoms. The van der Waals surface area contributed by atoms with E-state index in [0.29, 0.717) is 30.5 Å². The van der Waals surface area contributed by atoms with Gasteiger partial charge >= 0.3 is 5.97 Å². The normalized spacial score (nSPS) is 19.0. The quantitative estimate of drug-likeness (QED) is 0.394. The zero-order valence-electron chi connectivity index (χ0n) is 23.4. The lowest BCUT2D eigenvalue weighted by molar-refractivity contribution is -0.124. The summed E-state index contributed by atoms with van der Waals surface area (Å²) in [7, 11) is 4.03. The Balaban J connectivity index is 1.84. The van der Waals surface area contributed by atoms with E-state index in [1.807, 2.05) is 39.2 Å². The second kappa shape index (κ2) is 12.4. The number of thiophene rings is 1. The van der Waals surface area contributed by atoms with Crippen molar-refractivity contribution in [2.45, 2.75) is 84.7 Å². The maximum atomic E-state index is 13.9. The van der Waals surface area contributed by atoms with Crippen LogP contribution in [0.3, 0.4) is 0 Å². The molecule has 1 fully saturated rings. The molecule has 0 bridgehead atoms. The highest BCUT2D eigenvalue weighted by atomic mass is 32.1. The molecule has 0 aromatic carbocycles. The Hall–Kier alpha value is -2.45. The van der Waals surface area contributed by atoms with Gasteiger partial charge in [0.05, 0.1) is 12.3 Å². The monoisotopic (exact) mass is 529 g/mol. The minimum absolute atomic E-state index is 0.0336. The topological polar surface area (TPSA) is 83.0 Å². The van der Waals surface area contributed by atoms with Crippen LogP contribution in [0.2, 0.25) is 0 Å². The molecular formula is C29H43N3O4S. The predicted octanol–water partition coefficient (Wildman–Crippen LogP) is 6.22. The fourth-order valence-corrected chi connectivity index (χ4v) is 5.86. The molecule has 2 aromatic heterocycles. The molecule has 8 heteroatoms. The Morgan fingerprint density at radius 3 is 2.46 bits per heavy atom. The highest BCUT2D eigenvalue weighted by Crippen LogP contribution is 2.40. The fraction of sp³-hybridized carbons (Fsp3) is 0.621. The van der Waals surface area contributed by atoms with E-state index < -0.39 is 5.97 Å². The van der Waals surface area contributed by atoms with Crippen molar-refractivity contribution < 1.29 is 19.4 Å². The Morgan fingerprint density at radius 1 is 1.19 bits per heavy atom. The van der Waals surface area contributed by atoms with Crippen LogP contribution in [0.25, 0.3) is 0 Å². The number of anilines is 1. The van der Waals surface area contributed by atoms with E-state index in [2.05, 4.69) is 37.6 Å². The number of carboxylic acids is 1. The fourth-order valence-electron chi connectivity index (χ4n) is 4.82. The molecule has 1 aliphatic carbocycles. The van der Waals surface area contributed by atoms with Gasteiger partial charge in [-0.05, 0) is 75.7 Å². The third kappa shape index (κ3) is 7.77. The molecule has 3 rings (SSSR count). The van der Waals surface area contributed by atoms with E-state index in [4.69, 9.17) is 4.74 Å². The van der Waals surface area contributed by atoms with Gasteiger partial charge in [-0.25, -0.2) is 9.78 Å². The number of amides is 1. The van der Waals surface area contributed by atoms with Crippen LogP contribution in [-0.4, -0.2) is 53.6 Å². The van der Waals surface area contributed by atoms with Crippen molar-refractivity contribution in [3.63, 3.8) is 0 Å². The molecular weight excluding hydrogens is 486 g/mol. The minimum Gasteiger partial charge on any atom is -0.478 e. The highest BCUT2D eigenvalue weighted by Gasteiger charge is 2.35. The van der Waals surface area contributed by atoms with Gasteiger partial charge in [0, 0.05) is 42.1 Å². The molecule has 1 atom stereocenters. The van der Waals surface area contributed by atoms with Gasteiger partial charge in [0.25, 0.3) is 0 Å². The molecule has 0 unspecified atom stereocenters. The summed E-state index contributed by atoms with van der Waals surface area (Å²) in [6, 6.07) is 5.60. The number of rotatable bonds is 10. The van der Waals surface area contributed by atoms with Crippen LogP contribution in [0.4, 0.5) is 5.69 Å². The first-order valence-corrected chi connectivity index (χ1v) is 14.1. The van der Waals surface area contributed by atoms with Crippen LogP contribution >= 0.6 is 11.3 Å². The van der Waals surface area contributed by atoms with Gasteiger partial charge < -0.3 is 19.6 Å². The van der Waals surface area contributed by atoms with Gasteiger partial charge in [-0.1, -0.05) is 27.7 Å². The number of carboxylic acid groups (broad SMARTS) is 1. The summed E-state index contributed by atoms with van der Waals surface area (Å²) in [5.41, 5.74) is 1.42. The molecule has 0 saturated heterocycles. The maximum Gasteiger partial charge on any atom is 0.348 e. The van der Waals surface area contributed by atoms with Crippen molar-refractivity contribution in [2.24, 2.45) is 11.8 Å². The third-order valence-electron chi connectivity index (χ3n) is 7.03. The summed E-state index contributed by atoms with van der Waals surface area (Å²) in [5, 5.41) is 10.1. The number of aromatic nitrogens is 1. The van der Waals surface area contributed by atoms with Crippen LogP contribution in [0.15, 0.2) is 24.4 Å². The van der Waals surface area contributed by atoms with Gasteiger partial charge in [-0.2, -0.15) is 0 Å². The van der Waals surface area contributed by atoms with E-state index in [1.165, 1.54) is 11.3 Å². The van der Waals surface area contributed by atoms with Crippen LogP contribution in [0.1, 0.15) is 86.8 Å². The molecule has 1 aliphatic rings. The van der Waals surface area contributed by atoms with Crippen molar-refractivity contribution >= 4 is 28.9 Å². The van der Waals surface area contributed by atoms with Crippen molar-refractivity contribution in [2.75, 3.05) is 25.6 Å². The lowest BCUT2D eigenvalue weighted by atomic mass is 9.82. The highest BCUT2D eigenvalue weighted by molar-refractivity contribution is 7.14. The smallest absolute Gasteiger partial charge is 0.348 e. The Bertz CT molecular complexity index is 1070. The summed E-state index contributed by atoms with van der Waals surface area (Å²) in [6.07, 6.45) is 6.06. The zero-order valence-corrected chi connectivity index (χ0v) is 24.2. The number of ether oxygens (including phenoxy) is 1.